The van der Waals surface area contributed by atoms with E-state index in [-0.39, 0.29) is 0 Å². The minimum Gasteiger partial charge on any atom is -0.496 e. The smallest absolute Gasteiger partial charge is 0.121 e. The first kappa shape index (κ1) is 12.1. The van der Waals surface area contributed by atoms with Crippen molar-refractivity contribution in [1.29, 1.82) is 0 Å². The van der Waals surface area contributed by atoms with Gasteiger partial charge in [0.15, 0.2) is 0 Å². The minimum atomic E-state index is 0.587. The third-order valence-corrected chi connectivity index (χ3v) is 2.18. The van der Waals surface area contributed by atoms with Gasteiger partial charge in [-0.2, -0.15) is 0 Å². The summed E-state index contributed by atoms with van der Waals surface area (Å²) in [5.41, 5.74) is 2.36. The molecule has 0 aliphatic carbocycles. The SMILES string of the molecule is COc1ccc(COCC(C)C)cc1C. The van der Waals surface area contributed by atoms with Crippen LogP contribution in [0.3, 0.4) is 0 Å². The second-order valence-electron chi connectivity index (χ2n) is 4.21. The van der Waals surface area contributed by atoms with Gasteiger partial charge in [0.05, 0.1) is 13.7 Å². The Balaban J connectivity index is 2.52. The lowest BCUT2D eigenvalue weighted by Gasteiger charge is -2.09. The number of ether oxygens (including phenoxy) is 2. The Labute approximate surface area is 92.2 Å². The first-order valence-corrected chi connectivity index (χ1v) is 5.34. The summed E-state index contributed by atoms with van der Waals surface area (Å²) < 4.78 is 10.8. The lowest BCUT2D eigenvalue weighted by Crippen LogP contribution is -2.02. The minimum absolute atomic E-state index is 0.587. The molecule has 0 saturated carbocycles. The fourth-order valence-corrected chi connectivity index (χ4v) is 1.44. The average molecular weight is 208 g/mol. The number of methoxy groups -OCH3 is 1. The molecule has 2 heteroatoms. The Hall–Kier alpha value is -1.02. The normalized spacial score (nSPS) is 10.7. The van der Waals surface area contributed by atoms with E-state index in [1.165, 1.54) is 5.56 Å². The van der Waals surface area contributed by atoms with Crippen LogP contribution in [0.5, 0.6) is 5.75 Å². The van der Waals surface area contributed by atoms with Gasteiger partial charge in [-0.3, -0.25) is 0 Å². The zero-order valence-corrected chi connectivity index (χ0v) is 10.0. The molecule has 0 heterocycles. The van der Waals surface area contributed by atoms with Gasteiger partial charge in [-0.25, -0.2) is 0 Å². The third-order valence-electron chi connectivity index (χ3n) is 2.18. The lowest BCUT2D eigenvalue weighted by molar-refractivity contribution is 0.0970. The maximum Gasteiger partial charge on any atom is 0.121 e. The molecule has 1 aromatic carbocycles. The van der Waals surface area contributed by atoms with Gasteiger partial charge < -0.3 is 9.47 Å². The molecule has 0 aliphatic rings. The monoisotopic (exact) mass is 208 g/mol. The number of rotatable bonds is 5. The molecule has 15 heavy (non-hydrogen) atoms. The van der Waals surface area contributed by atoms with E-state index in [1.807, 2.05) is 19.1 Å². The van der Waals surface area contributed by atoms with Crippen molar-refractivity contribution in [3.63, 3.8) is 0 Å². The molecular formula is C13H20O2. The summed E-state index contributed by atoms with van der Waals surface area (Å²) in [5, 5.41) is 0. The summed E-state index contributed by atoms with van der Waals surface area (Å²) in [6, 6.07) is 6.15. The van der Waals surface area contributed by atoms with Gasteiger partial charge in [-0.15, -0.1) is 0 Å². The van der Waals surface area contributed by atoms with Crippen molar-refractivity contribution in [3.05, 3.63) is 29.3 Å². The van der Waals surface area contributed by atoms with Crippen LogP contribution in [0.25, 0.3) is 0 Å². The second kappa shape index (κ2) is 5.76. The summed E-state index contributed by atoms with van der Waals surface area (Å²) >= 11 is 0. The summed E-state index contributed by atoms with van der Waals surface area (Å²) in [4.78, 5) is 0. The molecule has 0 unspecified atom stereocenters. The lowest BCUT2D eigenvalue weighted by atomic mass is 10.1. The molecule has 0 fully saturated rings. The molecule has 84 valence electrons. The van der Waals surface area contributed by atoms with E-state index in [9.17, 15) is 0 Å². The average Bonchev–Trinajstić information content (AvgIpc) is 2.17. The topological polar surface area (TPSA) is 18.5 Å². The zero-order valence-electron chi connectivity index (χ0n) is 10.0. The molecule has 0 atom stereocenters. The van der Waals surface area contributed by atoms with Gasteiger partial charge in [-0.1, -0.05) is 26.0 Å². The van der Waals surface area contributed by atoms with Crippen LogP contribution in [0.1, 0.15) is 25.0 Å². The van der Waals surface area contributed by atoms with E-state index in [4.69, 9.17) is 9.47 Å². The van der Waals surface area contributed by atoms with Crippen molar-refractivity contribution in [2.24, 2.45) is 5.92 Å². The van der Waals surface area contributed by atoms with Crippen molar-refractivity contribution in [1.82, 2.24) is 0 Å². The van der Waals surface area contributed by atoms with Crippen molar-refractivity contribution >= 4 is 0 Å². The molecule has 0 N–H and O–H groups in total. The zero-order chi connectivity index (χ0) is 11.3. The van der Waals surface area contributed by atoms with Crippen LogP contribution >= 0.6 is 0 Å². The highest BCUT2D eigenvalue weighted by Gasteiger charge is 2.00. The third kappa shape index (κ3) is 3.92. The van der Waals surface area contributed by atoms with E-state index < -0.39 is 0 Å². The van der Waals surface area contributed by atoms with Crippen LogP contribution in [0.15, 0.2) is 18.2 Å². The van der Waals surface area contributed by atoms with Gasteiger partial charge in [0.25, 0.3) is 0 Å². The molecule has 0 saturated heterocycles. The van der Waals surface area contributed by atoms with Gasteiger partial charge in [-0.05, 0) is 30.0 Å². The number of benzene rings is 1. The van der Waals surface area contributed by atoms with Crippen LogP contribution in [0, 0.1) is 12.8 Å². The van der Waals surface area contributed by atoms with Crippen LogP contribution < -0.4 is 4.74 Å². The van der Waals surface area contributed by atoms with Gasteiger partial charge >= 0.3 is 0 Å². The van der Waals surface area contributed by atoms with Gasteiger partial charge in [0, 0.05) is 6.61 Å². The van der Waals surface area contributed by atoms with Crippen LogP contribution in [-0.2, 0) is 11.3 Å². The Morgan fingerprint density at radius 2 is 2.00 bits per heavy atom. The predicted octanol–water partition coefficient (Wildman–Crippen LogP) is 3.18. The van der Waals surface area contributed by atoms with E-state index >= 15 is 0 Å². The first-order valence-electron chi connectivity index (χ1n) is 5.34. The standard InChI is InChI=1S/C13H20O2/c1-10(2)8-15-9-12-5-6-13(14-4)11(3)7-12/h5-7,10H,8-9H2,1-4H3. The largest absolute Gasteiger partial charge is 0.496 e. The van der Waals surface area contributed by atoms with E-state index in [0.717, 1.165) is 17.9 Å². The fraction of sp³-hybridized carbons (Fsp3) is 0.538. The van der Waals surface area contributed by atoms with Crippen LogP contribution in [0.2, 0.25) is 0 Å². The Morgan fingerprint density at radius 1 is 1.27 bits per heavy atom. The van der Waals surface area contributed by atoms with E-state index in [1.54, 1.807) is 7.11 Å². The van der Waals surface area contributed by atoms with Crippen LogP contribution in [0.4, 0.5) is 0 Å². The molecule has 0 aliphatic heterocycles. The Kier molecular flexibility index (Phi) is 4.63. The maximum atomic E-state index is 5.57. The van der Waals surface area contributed by atoms with Gasteiger partial charge in [0.2, 0.25) is 0 Å². The summed E-state index contributed by atoms with van der Waals surface area (Å²) in [7, 11) is 1.69. The molecule has 0 aromatic heterocycles. The number of hydrogen-bond acceptors (Lipinski definition) is 2. The summed E-state index contributed by atoms with van der Waals surface area (Å²) in [5.74, 6) is 1.52. The summed E-state index contributed by atoms with van der Waals surface area (Å²) in [6.07, 6.45) is 0. The number of aryl methyl sites for hydroxylation is 1. The van der Waals surface area contributed by atoms with E-state index in [0.29, 0.717) is 12.5 Å². The molecule has 2 nitrogen and oxygen atoms in total. The van der Waals surface area contributed by atoms with Crippen molar-refractivity contribution in [3.8, 4) is 5.75 Å². The van der Waals surface area contributed by atoms with Crippen molar-refractivity contribution < 1.29 is 9.47 Å². The van der Waals surface area contributed by atoms with Crippen molar-refractivity contribution in [2.75, 3.05) is 13.7 Å². The fourth-order valence-electron chi connectivity index (χ4n) is 1.44. The molecule has 1 rings (SSSR count). The predicted molar refractivity (Wildman–Crippen MR) is 62.2 cm³/mol. The van der Waals surface area contributed by atoms with Crippen LogP contribution in [-0.4, -0.2) is 13.7 Å². The quantitative estimate of drug-likeness (QED) is 0.740. The Morgan fingerprint density at radius 3 is 2.53 bits per heavy atom. The maximum absolute atomic E-state index is 5.57. The summed E-state index contributed by atoms with van der Waals surface area (Å²) in [6.45, 7) is 7.84. The number of hydrogen-bond donors (Lipinski definition) is 0. The highest BCUT2D eigenvalue weighted by molar-refractivity contribution is 5.35. The molecule has 0 amide bonds. The molecule has 0 bridgehead atoms. The first-order chi connectivity index (χ1) is 7.13. The van der Waals surface area contributed by atoms with E-state index in [2.05, 4.69) is 19.9 Å². The molecule has 0 radical (unpaired) electrons. The van der Waals surface area contributed by atoms with Gasteiger partial charge in [0.1, 0.15) is 5.75 Å². The highest BCUT2D eigenvalue weighted by Crippen LogP contribution is 2.18. The second-order valence-corrected chi connectivity index (χ2v) is 4.21. The Bertz CT molecular complexity index is 305. The molecule has 1 aromatic rings. The molecular weight excluding hydrogens is 188 g/mol. The molecule has 0 spiro atoms. The highest BCUT2D eigenvalue weighted by atomic mass is 16.5. The van der Waals surface area contributed by atoms with Crippen molar-refractivity contribution in [2.45, 2.75) is 27.4 Å².